The summed E-state index contributed by atoms with van der Waals surface area (Å²) >= 11 is 0. The predicted molar refractivity (Wildman–Crippen MR) is 479 cm³/mol. The van der Waals surface area contributed by atoms with Crippen LogP contribution >= 0.6 is 0 Å². The molecule has 2 aliphatic carbocycles. The summed E-state index contributed by atoms with van der Waals surface area (Å²) in [6.45, 7) is 13.8. The molecule has 4 bridgehead atoms. The Hall–Kier alpha value is -12.6. The van der Waals surface area contributed by atoms with Crippen molar-refractivity contribution in [2.24, 2.45) is 11.8 Å². The van der Waals surface area contributed by atoms with Crippen molar-refractivity contribution in [1.82, 2.24) is 9.13 Å². The van der Waals surface area contributed by atoms with Gasteiger partial charge in [-0.3, -0.25) is 0 Å². The summed E-state index contributed by atoms with van der Waals surface area (Å²) in [5, 5.41) is 4.97. The van der Waals surface area contributed by atoms with Crippen LogP contribution in [-0.2, 0) is 10.8 Å². The molecule has 2 aromatic heterocycles. The lowest BCUT2D eigenvalue weighted by molar-refractivity contribution is 0.0900. The normalized spacial score (nSPS) is 16.9. The Kier molecular flexibility index (Phi) is 15.5. The monoisotopic (exact) mass is 1450 g/mol. The minimum Gasteiger partial charge on any atom is -0.365 e. The third-order valence-electron chi connectivity index (χ3n) is 26.0. The Morgan fingerprint density at radius 3 is 0.982 bits per heavy atom. The molecular weight excluding hydrogens is 1370 g/mol. The molecule has 6 aliphatic rings. The first kappa shape index (κ1) is 67.3. The highest BCUT2D eigenvalue weighted by Crippen LogP contribution is 2.58. The number of aromatic nitrogens is 2. The lowest BCUT2D eigenvalue weighted by Gasteiger charge is -2.57. The molecule has 4 aliphatic heterocycles. The van der Waals surface area contributed by atoms with Crippen LogP contribution in [0.2, 0.25) is 0 Å². The van der Waals surface area contributed by atoms with Crippen molar-refractivity contribution < 1.29 is 0 Å². The molecule has 0 N–H and O–H groups in total. The van der Waals surface area contributed by atoms with Crippen molar-refractivity contribution in [1.29, 1.82) is 0 Å². The molecule has 0 unspecified atom stereocenters. The van der Waals surface area contributed by atoms with Crippen LogP contribution in [0.5, 0.6) is 0 Å². The van der Waals surface area contributed by atoms with Gasteiger partial charge < -0.3 is 23.8 Å². The molecule has 0 spiro atoms. The molecule has 6 heterocycles. The number of anilines is 7. The number of piperidine rings is 2. The van der Waals surface area contributed by atoms with Gasteiger partial charge in [-0.2, -0.15) is 0 Å². The highest BCUT2D eigenvalue weighted by atomic mass is 15.2. The summed E-state index contributed by atoms with van der Waals surface area (Å²) in [5.41, 5.74) is 35.2. The average molecular weight is 1450 g/mol. The fourth-order valence-corrected chi connectivity index (χ4v) is 20.9. The van der Waals surface area contributed by atoms with Gasteiger partial charge in [0.05, 0.1) is 39.1 Å². The first-order valence-electron chi connectivity index (χ1n) is 40.9. The van der Waals surface area contributed by atoms with E-state index in [2.05, 4.69) is 405 Å². The van der Waals surface area contributed by atoms with Gasteiger partial charge in [-0.15, -0.1) is 0 Å². The second-order valence-corrected chi connectivity index (χ2v) is 34.8. The molecule has 23 rings (SSSR count). The molecular formula is C107H88BN5. The third kappa shape index (κ3) is 10.9. The molecule has 4 fully saturated rings. The summed E-state index contributed by atoms with van der Waals surface area (Å²) in [6, 6.07) is 132. The second kappa shape index (κ2) is 26.0. The van der Waals surface area contributed by atoms with Crippen LogP contribution in [0.25, 0.3) is 122 Å². The average Bonchev–Trinajstić information content (AvgIpc) is 1.13. The van der Waals surface area contributed by atoms with Gasteiger partial charge in [-0.25, -0.2) is 0 Å². The quantitative estimate of drug-likeness (QED) is 0.120. The van der Waals surface area contributed by atoms with E-state index in [9.17, 15) is 0 Å². The van der Waals surface area contributed by atoms with E-state index in [1.165, 1.54) is 115 Å². The van der Waals surface area contributed by atoms with Crippen molar-refractivity contribution in [3.05, 3.63) is 351 Å². The SMILES string of the molecule is CC(C)(C)c1ccc2c(c1)c1cc(C(C)(C)C)ccc1n2-c1ccc2c(c1)N(c1c(-c3ccccc3)cc(-c3ccccc3)cc1-c1ccccc1)c1cc(-n3c4ccccc4c4ccccc43)cc3c1B2c1ccc(N2C4CC5CC(C4)CC2C5)cc1N3c1c(-c2ccccc2)cc(-c2ccccc2)cc1-c1ccccc1. The molecule has 15 aromatic carbocycles. The van der Waals surface area contributed by atoms with Crippen LogP contribution in [0.3, 0.4) is 0 Å². The number of fused-ring (bicyclic) bond motifs is 10. The van der Waals surface area contributed by atoms with Crippen LogP contribution in [-0.4, -0.2) is 27.9 Å². The highest BCUT2D eigenvalue weighted by Gasteiger charge is 2.50. The van der Waals surface area contributed by atoms with E-state index < -0.39 is 0 Å². The number of hydrogen-bond acceptors (Lipinski definition) is 3. The number of rotatable bonds is 11. The molecule has 0 atom stereocenters. The molecule has 2 saturated heterocycles. The molecule has 544 valence electrons. The second-order valence-electron chi connectivity index (χ2n) is 34.8. The van der Waals surface area contributed by atoms with Gasteiger partial charge in [0.1, 0.15) is 0 Å². The zero-order valence-corrected chi connectivity index (χ0v) is 65.0. The van der Waals surface area contributed by atoms with Crippen LogP contribution in [0.4, 0.5) is 39.8 Å². The van der Waals surface area contributed by atoms with Crippen LogP contribution in [0.15, 0.2) is 340 Å². The molecule has 17 aromatic rings. The minimum atomic E-state index is -0.254. The van der Waals surface area contributed by atoms with E-state index >= 15 is 0 Å². The van der Waals surface area contributed by atoms with Crippen LogP contribution in [0.1, 0.15) is 84.8 Å². The zero-order valence-electron chi connectivity index (χ0n) is 65.0. The molecule has 5 nitrogen and oxygen atoms in total. The van der Waals surface area contributed by atoms with Crippen molar-refractivity contribution >= 4 is 107 Å². The van der Waals surface area contributed by atoms with Gasteiger partial charge in [0.15, 0.2) is 0 Å². The van der Waals surface area contributed by atoms with E-state index in [1.54, 1.807) is 0 Å². The molecule has 0 amide bonds. The van der Waals surface area contributed by atoms with E-state index in [0.717, 1.165) is 118 Å². The Labute approximate surface area is 663 Å². The lowest BCUT2D eigenvalue weighted by Crippen LogP contribution is -2.62. The summed E-state index contributed by atoms with van der Waals surface area (Å²) in [6.07, 6.45) is 6.43. The maximum Gasteiger partial charge on any atom is 0.252 e. The third-order valence-corrected chi connectivity index (χ3v) is 26.0. The van der Waals surface area contributed by atoms with E-state index in [-0.39, 0.29) is 17.5 Å². The Bertz CT molecular complexity index is 6370. The molecule has 0 radical (unpaired) electrons. The largest absolute Gasteiger partial charge is 0.365 e. The summed E-state index contributed by atoms with van der Waals surface area (Å²) in [4.78, 5) is 8.48. The summed E-state index contributed by atoms with van der Waals surface area (Å²) in [7, 11) is 0. The topological polar surface area (TPSA) is 19.6 Å². The Balaban J connectivity index is 0.930. The van der Waals surface area contributed by atoms with Gasteiger partial charge in [0.25, 0.3) is 6.71 Å². The van der Waals surface area contributed by atoms with E-state index in [0.29, 0.717) is 12.1 Å². The minimum absolute atomic E-state index is 0.0681. The Morgan fingerprint density at radius 1 is 0.265 bits per heavy atom. The van der Waals surface area contributed by atoms with Gasteiger partial charge in [0.2, 0.25) is 0 Å². The summed E-state index contributed by atoms with van der Waals surface area (Å²) in [5.74, 6) is 1.60. The van der Waals surface area contributed by atoms with Gasteiger partial charge in [-0.05, 0) is 224 Å². The van der Waals surface area contributed by atoms with E-state index in [4.69, 9.17) is 0 Å². The first-order valence-corrected chi connectivity index (χ1v) is 40.9. The highest BCUT2D eigenvalue weighted by molar-refractivity contribution is 7.00. The summed E-state index contributed by atoms with van der Waals surface area (Å²) < 4.78 is 5.17. The zero-order chi connectivity index (χ0) is 75.5. The fourth-order valence-electron chi connectivity index (χ4n) is 20.9. The van der Waals surface area contributed by atoms with Gasteiger partial charge >= 0.3 is 0 Å². The van der Waals surface area contributed by atoms with Gasteiger partial charge in [-0.1, -0.05) is 284 Å². The van der Waals surface area contributed by atoms with Crippen molar-refractivity contribution in [3.63, 3.8) is 0 Å². The smallest absolute Gasteiger partial charge is 0.252 e. The number of para-hydroxylation sites is 2. The molecule has 113 heavy (non-hydrogen) atoms. The van der Waals surface area contributed by atoms with Crippen molar-refractivity contribution in [2.75, 3.05) is 14.7 Å². The molecule has 6 heteroatoms. The van der Waals surface area contributed by atoms with Crippen LogP contribution in [0, 0.1) is 11.8 Å². The van der Waals surface area contributed by atoms with Crippen LogP contribution < -0.4 is 31.1 Å². The lowest BCUT2D eigenvalue weighted by atomic mass is 9.33. The standard InChI is InChI=1S/C107H88BN5/c1-106(2,3)78-45-51-97-91(62-78)92-63-79(107(4,5)6)46-52-98(92)110(97)81-48-50-94-100(65-81)113(105-89(74-37-21-11-22-38-74)60-77(71-31-15-8-16-32-71)61-90(105)75-39-23-12-24-40-75)102-67-84(111-95-43-27-25-41-85(95)86-42-26-28-44-96(86)111)66-101-103(102)108(94)93-49-47-80(109-82-54-68-53-69(56-82)57-83(109)55-68)64-99(93)112(101)104-87(72-33-17-9-18-34-72)58-76(70-29-13-7-14-30-70)59-88(104)73-35-19-10-20-36-73/h7-52,58-69,82-83H,53-57H2,1-6H3. The maximum absolute atomic E-state index is 2.92. The number of nitrogens with zero attached hydrogens (tertiary/aromatic N) is 5. The number of hydrogen-bond donors (Lipinski definition) is 0. The predicted octanol–water partition coefficient (Wildman–Crippen LogP) is 26.3. The van der Waals surface area contributed by atoms with Crippen molar-refractivity contribution in [2.45, 2.75) is 96.6 Å². The Morgan fingerprint density at radius 2 is 0.593 bits per heavy atom. The fraction of sp³-hybridized carbons (Fsp3) is 0.159. The van der Waals surface area contributed by atoms with Gasteiger partial charge in [0, 0.05) is 90.0 Å². The van der Waals surface area contributed by atoms with Crippen molar-refractivity contribution in [3.8, 4) is 78.1 Å². The maximum atomic E-state index is 2.92. The number of benzene rings is 15. The molecule has 2 saturated carbocycles. The van der Waals surface area contributed by atoms with E-state index in [1.807, 2.05) is 0 Å². The first-order chi connectivity index (χ1) is 55.3.